The third-order valence-corrected chi connectivity index (χ3v) is 4.91. The molecule has 3 aromatic rings. The lowest BCUT2D eigenvalue weighted by Crippen LogP contribution is -2.28. The molecule has 1 atom stereocenters. The lowest BCUT2D eigenvalue weighted by atomic mass is 10.1. The first-order chi connectivity index (χ1) is 12.5. The molecule has 26 heavy (non-hydrogen) atoms. The number of thioether (sulfide) groups is 1. The fourth-order valence-corrected chi connectivity index (χ4v) is 3.35. The van der Waals surface area contributed by atoms with Crippen molar-refractivity contribution in [3.8, 4) is 11.5 Å². The number of hydrogen-bond donors (Lipinski definition) is 1. The summed E-state index contributed by atoms with van der Waals surface area (Å²) in [4.78, 5) is 12.2. The van der Waals surface area contributed by atoms with Gasteiger partial charge in [-0.05, 0) is 37.6 Å². The number of carbonyl (C=O) groups excluding carboxylic acids is 1. The maximum absolute atomic E-state index is 12.2. The number of amides is 1. The number of nitrogens with one attached hydrogen (secondary N) is 1. The Kier molecular flexibility index (Phi) is 5.96. The number of nitrogens with zero attached hydrogens (tertiary/aromatic N) is 2. The van der Waals surface area contributed by atoms with Crippen molar-refractivity contribution in [2.45, 2.75) is 25.1 Å². The SMILES string of the molecule is Cc1cccc(-c2nnc(SCC(=O)N[C@H](C)c3ccccc3Cl)o2)c1. The van der Waals surface area contributed by atoms with E-state index in [9.17, 15) is 4.79 Å². The molecular weight excluding hydrogens is 370 g/mol. The third-order valence-electron chi connectivity index (χ3n) is 3.75. The number of aromatic nitrogens is 2. The van der Waals surface area contributed by atoms with Gasteiger partial charge >= 0.3 is 0 Å². The zero-order valence-electron chi connectivity index (χ0n) is 14.4. The quantitative estimate of drug-likeness (QED) is 0.622. The molecule has 0 spiro atoms. The molecule has 134 valence electrons. The van der Waals surface area contributed by atoms with Crippen molar-refractivity contribution in [2.24, 2.45) is 0 Å². The Bertz CT molecular complexity index is 913. The minimum absolute atomic E-state index is 0.127. The summed E-state index contributed by atoms with van der Waals surface area (Å²) in [5, 5.41) is 11.9. The zero-order chi connectivity index (χ0) is 18.5. The predicted octanol–water partition coefficient (Wildman–Crippen LogP) is 4.67. The minimum Gasteiger partial charge on any atom is -0.411 e. The van der Waals surface area contributed by atoms with E-state index in [1.54, 1.807) is 6.07 Å². The molecule has 2 aromatic carbocycles. The van der Waals surface area contributed by atoms with Crippen molar-refractivity contribution in [1.82, 2.24) is 15.5 Å². The van der Waals surface area contributed by atoms with Gasteiger partial charge in [-0.3, -0.25) is 4.79 Å². The van der Waals surface area contributed by atoms with Crippen molar-refractivity contribution in [3.63, 3.8) is 0 Å². The van der Waals surface area contributed by atoms with E-state index in [4.69, 9.17) is 16.0 Å². The summed E-state index contributed by atoms with van der Waals surface area (Å²) in [6.45, 7) is 3.90. The highest BCUT2D eigenvalue weighted by atomic mass is 35.5. The van der Waals surface area contributed by atoms with Gasteiger partial charge in [-0.1, -0.05) is 59.3 Å². The summed E-state index contributed by atoms with van der Waals surface area (Å²) < 4.78 is 5.62. The number of halogens is 1. The monoisotopic (exact) mass is 387 g/mol. The summed E-state index contributed by atoms with van der Waals surface area (Å²) in [7, 11) is 0. The van der Waals surface area contributed by atoms with E-state index in [1.807, 2.05) is 56.3 Å². The average molecular weight is 388 g/mol. The van der Waals surface area contributed by atoms with E-state index in [-0.39, 0.29) is 17.7 Å². The molecule has 0 bridgehead atoms. The van der Waals surface area contributed by atoms with Crippen LogP contribution in [-0.2, 0) is 4.79 Å². The standard InChI is InChI=1S/C19H18ClN3O2S/c1-12-6-5-7-14(10-12)18-22-23-19(25-18)26-11-17(24)21-13(2)15-8-3-4-9-16(15)20/h3-10,13H,11H2,1-2H3,(H,21,24)/t13-/m1/s1. The number of aryl methyl sites for hydroxylation is 1. The molecule has 5 nitrogen and oxygen atoms in total. The van der Waals surface area contributed by atoms with Crippen LogP contribution in [0.1, 0.15) is 24.1 Å². The van der Waals surface area contributed by atoms with Gasteiger partial charge in [-0.25, -0.2) is 0 Å². The molecule has 0 radical (unpaired) electrons. The molecule has 0 saturated heterocycles. The summed E-state index contributed by atoms with van der Waals surface area (Å²) in [6, 6.07) is 15.1. The highest BCUT2D eigenvalue weighted by Crippen LogP contribution is 2.25. The summed E-state index contributed by atoms with van der Waals surface area (Å²) >= 11 is 7.36. The number of benzene rings is 2. The van der Waals surface area contributed by atoms with Crippen LogP contribution < -0.4 is 5.32 Å². The molecule has 0 aliphatic rings. The van der Waals surface area contributed by atoms with Gasteiger partial charge in [0.25, 0.3) is 5.22 Å². The second-order valence-electron chi connectivity index (χ2n) is 5.84. The topological polar surface area (TPSA) is 68.0 Å². The van der Waals surface area contributed by atoms with E-state index in [0.29, 0.717) is 16.1 Å². The maximum atomic E-state index is 12.2. The molecular formula is C19H18ClN3O2S. The summed E-state index contributed by atoms with van der Waals surface area (Å²) in [5.74, 6) is 0.503. The first-order valence-electron chi connectivity index (χ1n) is 8.10. The van der Waals surface area contributed by atoms with Crippen LogP contribution in [0.15, 0.2) is 58.2 Å². The van der Waals surface area contributed by atoms with Crippen LogP contribution in [0.2, 0.25) is 5.02 Å². The second-order valence-corrected chi connectivity index (χ2v) is 7.18. The van der Waals surface area contributed by atoms with Crippen molar-refractivity contribution in [3.05, 3.63) is 64.7 Å². The van der Waals surface area contributed by atoms with Crippen LogP contribution in [0.5, 0.6) is 0 Å². The van der Waals surface area contributed by atoms with Crippen LogP contribution in [0.25, 0.3) is 11.5 Å². The molecule has 7 heteroatoms. The Hall–Kier alpha value is -2.31. The molecule has 1 N–H and O–H groups in total. The van der Waals surface area contributed by atoms with Gasteiger partial charge in [0.15, 0.2) is 0 Å². The van der Waals surface area contributed by atoms with E-state index < -0.39 is 0 Å². The van der Waals surface area contributed by atoms with Crippen LogP contribution in [0, 0.1) is 6.92 Å². The van der Waals surface area contributed by atoms with E-state index >= 15 is 0 Å². The lowest BCUT2D eigenvalue weighted by molar-refractivity contribution is -0.119. The number of rotatable bonds is 6. The minimum atomic E-state index is -0.178. The molecule has 1 amide bonds. The van der Waals surface area contributed by atoms with E-state index in [1.165, 1.54) is 11.8 Å². The van der Waals surface area contributed by atoms with Gasteiger partial charge < -0.3 is 9.73 Å². The fraction of sp³-hybridized carbons (Fsp3) is 0.211. The van der Waals surface area contributed by atoms with Crippen LogP contribution in [0.3, 0.4) is 0 Å². The van der Waals surface area contributed by atoms with E-state index in [2.05, 4.69) is 15.5 Å². The Morgan fingerprint density at radius 1 is 1.23 bits per heavy atom. The van der Waals surface area contributed by atoms with Gasteiger partial charge in [-0.2, -0.15) is 0 Å². The third kappa shape index (κ3) is 4.65. The predicted molar refractivity (Wildman–Crippen MR) is 103 cm³/mol. The summed E-state index contributed by atoms with van der Waals surface area (Å²) in [6.07, 6.45) is 0. The zero-order valence-corrected chi connectivity index (χ0v) is 16.0. The molecule has 1 aromatic heterocycles. The largest absolute Gasteiger partial charge is 0.411 e. The highest BCUT2D eigenvalue weighted by Gasteiger charge is 2.15. The normalized spacial score (nSPS) is 12.0. The Balaban J connectivity index is 1.56. The lowest BCUT2D eigenvalue weighted by Gasteiger charge is -2.15. The molecule has 1 heterocycles. The van der Waals surface area contributed by atoms with Crippen molar-refractivity contribution < 1.29 is 9.21 Å². The van der Waals surface area contributed by atoms with Crippen LogP contribution in [0.4, 0.5) is 0 Å². The van der Waals surface area contributed by atoms with Crippen molar-refractivity contribution in [1.29, 1.82) is 0 Å². The number of carbonyl (C=O) groups is 1. The molecule has 0 aliphatic heterocycles. The molecule has 0 saturated carbocycles. The molecule has 0 unspecified atom stereocenters. The first-order valence-corrected chi connectivity index (χ1v) is 9.46. The first kappa shape index (κ1) is 18.5. The maximum Gasteiger partial charge on any atom is 0.277 e. The second kappa shape index (κ2) is 8.38. The van der Waals surface area contributed by atoms with Gasteiger partial charge in [0, 0.05) is 10.6 Å². The van der Waals surface area contributed by atoms with Crippen LogP contribution in [-0.4, -0.2) is 21.9 Å². The van der Waals surface area contributed by atoms with Gasteiger partial charge in [-0.15, -0.1) is 10.2 Å². The Morgan fingerprint density at radius 2 is 2.04 bits per heavy atom. The Morgan fingerprint density at radius 3 is 2.81 bits per heavy atom. The molecule has 3 rings (SSSR count). The van der Waals surface area contributed by atoms with E-state index in [0.717, 1.165) is 16.7 Å². The van der Waals surface area contributed by atoms with Gasteiger partial charge in [0.1, 0.15) is 0 Å². The van der Waals surface area contributed by atoms with Gasteiger partial charge in [0.05, 0.1) is 11.8 Å². The average Bonchev–Trinajstić information content (AvgIpc) is 3.09. The van der Waals surface area contributed by atoms with Gasteiger partial charge in [0.2, 0.25) is 11.8 Å². The molecule has 0 fully saturated rings. The van der Waals surface area contributed by atoms with Crippen molar-refractivity contribution >= 4 is 29.3 Å². The summed E-state index contributed by atoms with van der Waals surface area (Å²) in [5.41, 5.74) is 2.86. The Labute approximate surface area is 161 Å². The smallest absolute Gasteiger partial charge is 0.277 e. The molecule has 0 aliphatic carbocycles. The number of hydrogen-bond acceptors (Lipinski definition) is 5. The highest BCUT2D eigenvalue weighted by molar-refractivity contribution is 7.99. The van der Waals surface area contributed by atoms with Crippen LogP contribution >= 0.6 is 23.4 Å². The fourth-order valence-electron chi connectivity index (χ4n) is 2.48. The van der Waals surface area contributed by atoms with Crippen molar-refractivity contribution in [2.75, 3.05) is 5.75 Å².